The Bertz CT molecular complexity index is 685. The third-order valence-electron chi connectivity index (χ3n) is 2.90. The zero-order valence-electron chi connectivity index (χ0n) is 15.4. The monoisotopic (exact) mass is 360 g/mol. The number of amides is 2. The second-order valence-corrected chi connectivity index (χ2v) is 6.24. The fraction of sp³-hybridized carbons (Fsp3) is 0.389. The molecule has 0 radical (unpaired) electrons. The third kappa shape index (κ3) is 8.06. The maximum Gasteiger partial charge on any atom is 0.407 e. The van der Waals surface area contributed by atoms with E-state index in [0.29, 0.717) is 18.0 Å². The quantitative estimate of drug-likeness (QED) is 0.390. The Kier molecular flexibility index (Phi) is 7.96. The second-order valence-electron chi connectivity index (χ2n) is 6.24. The Balaban J connectivity index is 2.43. The Hall–Kier alpha value is -3.21. The van der Waals surface area contributed by atoms with Gasteiger partial charge in [-0.15, -0.1) is 0 Å². The molecule has 2 amide bonds. The van der Waals surface area contributed by atoms with Gasteiger partial charge in [0.15, 0.2) is 0 Å². The van der Waals surface area contributed by atoms with E-state index in [1.807, 2.05) is 6.07 Å². The lowest BCUT2D eigenvalue weighted by atomic mass is 10.2. The first-order valence-electron chi connectivity index (χ1n) is 8.01. The van der Waals surface area contributed by atoms with Crippen LogP contribution >= 0.6 is 0 Å². The van der Waals surface area contributed by atoms with Gasteiger partial charge in [-0.25, -0.2) is 4.79 Å². The van der Waals surface area contributed by atoms with E-state index in [1.165, 1.54) is 6.20 Å². The number of anilines is 1. The lowest BCUT2D eigenvalue weighted by Crippen LogP contribution is -2.35. The van der Waals surface area contributed by atoms with Gasteiger partial charge in [-0.3, -0.25) is 4.79 Å². The molecular weight excluding hydrogens is 336 g/mol. The van der Waals surface area contributed by atoms with Crippen LogP contribution in [0.3, 0.4) is 0 Å². The predicted molar refractivity (Wildman–Crippen MR) is 97.6 cm³/mol. The van der Waals surface area contributed by atoms with Gasteiger partial charge < -0.3 is 25.4 Å². The average Bonchev–Trinajstić information content (AvgIpc) is 2.57. The molecule has 0 bridgehead atoms. The van der Waals surface area contributed by atoms with Crippen molar-refractivity contribution in [3.05, 3.63) is 36.0 Å². The van der Waals surface area contributed by atoms with Crippen LogP contribution in [0.15, 0.2) is 36.0 Å². The number of nitrogens with one attached hydrogen (secondary N) is 3. The molecular formula is C18H24N4O4. The van der Waals surface area contributed by atoms with Crippen molar-refractivity contribution in [2.24, 2.45) is 0 Å². The van der Waals surface area contributed by atoms with Crippen LogP contribution < -0.4 is 20.7 Å². The van der Waals surface area contributed by atoms with E-state index >= 15 is 0 Å². The smallest absolute Gasteiger partial charge is 0.407 e. The number of carbonyl (C=O) groups excluding carboxylic acids is 2. The van der Waals surface area contributed by atoms with Crippen LogP contribution in [-0.4, -0.2) is 37.8 Å². The summed E-state index contributed by atoms with van der Waals surface area (Å²) in [6.07, 6.45) is 0.774. The molecule has 0 fully saturated rings. The second kappa shape index (κ2) is 9.93. The van der Waals surface area contributed by atoms with Crippen molar-refractivity contribution in [1.82, 2.24) is 10.6 Å². The summed E-state index contributed by atoms with van der Waals surface area (Å²) in [7, 11) is 1.55. The van der Waals surface area contributed by atoms with Crippen molar-refractivity contribution in [3.63, 3.8) is 0 Å². The number of hydrogen-bond donors (Lipinski definition) is 3. The topological polar surface area (TPSA) is 112 Å². The Morgan fingerprint density at radius 3 is 2.38 bits per heavy atom. The fourth-order valence-corrected chi connectivity index (χ4v) is 1.75. The molecule has 8 nitrogen and oxygen atoms in total. The number of nitrogens with zero attached hydrogens (tertiary/aromatic N) is 1. The molecule has 1 aromatic rings. The molecule has 0 aliphatic carbocycles. The summed E-state index contributed by atoms with van der Waals surface area (Å²) in [6, 6.07) is 8.57. The van der Waals surface area contributed by atoms with Crippen molar-refractivity contribution in [1.29, 1.82) is 5.26 Å². The molecule has 0 aliphatic heterocycles. The predicted octanol–water partition coefficient (Wildman–Crippen LogP) is 2.16. The molecule has 0 heterocycles. The summed E-state index contributed by atoms with van der Waals surface area (Å²) in [5, 5.41) is 17.1. The van der Waals surface area contributed by atoms with E-state index in [4.69, 9.17) is 14.7 Å². The summed E-state index contributed by atoms with van der Waals surface area (Å²) in [5.74, 6) is 0.128. The van der Waals surface area contributed by atoms with E-state index in [0.717, 1.165) is 0 Å². The summed E-state index contributed by atoms with van der Waals surface area (Å²) in [5.41, 5.74) is -0.105. The number of nitriles is 1. The molecule has 1 aromatic carbocycles. The number of alkyl carbamates (subject to hydrolysis) is 1. The maximum atomic E-state index is 12.1. The van der Waals surface area contributed by atoms with Gasteiger partial charge in [0.2, 0.25) is 0 Å². The van der Waals surface area contributed by atoms with Crippen LogP contribution in [0.25, 0.3) is 0 Å². The van der Waals surface area contributed by atoms with Crippen molar-refractivity contribution in [2.75, 3.05) is 25.5 Å². The normalized spacial score (nSPS) is 11.1. The number of methoxy groups -OCH3 is 1. The molecule has 0 saturated heterocycles. The van der Waals surface area contributed by atoms with Gasteiger partial charge in [-0.2, -0.15) is 5.26 Å². The van der Waals surface area contributed by atoms with Crippen LogP contribution in [0.4, 0.5) is 10.5 Å². The van der Waals surface area contributed by atoms with Gasteiger partial charge in [0.25, 0.3) is 5.91 Å². The minimum Gasteiger partial charge on any atom is -0.497 e. The van der Waals surface area contributed by atoms with Crippen LogP contribution in [0.5, 0.6) is 5.75 Å². The molecule has 1 rings (SSSR count). The lowest BCUT2D eigenvalue weighted by Gasteiger charge is -2.19. The summed E-state index contributed by atoms with van der Waals surface area (Å²) in [6.45, 7) is 5.93. The molecule has 0 unspecified atom stereocenters. The first-order chi connectivity index (χ1) is 12.2. The highest BCUT2D eigenvalue weighted by atomic mass is 16.6. The highest BCUT2D eigenvalue weighted by Gasteiger charge is 2.15. The fourth-order valence-electron chi connectivity index (χ4n) is 1.75. The molecule has 26 heavy (non-hydrogen) atoms. The first kappa shape index (κ1) is 20.8. The molecule has 8 heteroatoms. The molecule has 0 aliphatic rings. The largest absolute Gasteiger partial charge is 0.497 e. The number of ether oxygens (including phenoxy) is 2. The Morgan fingerprint density at radius 2 is 1.85 bits per heavy atom. The van der Waals surface area contributed by atoms with E-state index < -0.39 is 17.6 Å². The molecule has 0 spiro atoms. The Labute approximate surface area is 153 Å². The van der Waals surface area contributed by atoms with E-state index in [1.54, 1.807) is 52.1 Å². The molecule has 3 N–H and O–H groups in total. The van der Waals surface area contributed by atoms with Gasteiger partial charge in [-0.05, 0) is 45.0 Å². The van der Waals surface area contributed by atoms with Crippen LogP contribution in [0, 0.1) is 11.3 Å². The van der Waals surface area contributed by atoms with E-state index in [9.17, 15) is 9.59 Å². The van der Waals surface area contributed by atoms with Crippen LogP contribution in [0.2, 0.25) is 0 Å². The average molecular weight is 360 g/mol. The van der Waals surface area contributed by atoms with Gasteiger partial charge in [0, 0.05) is 25.0 Å². The highest BCUT2D eigenvalue weighted by Crippen LogP contribution is 2.15. The number of hydrogen-bond acceptors (Lipinski definition) is 6. The lowest BCUT2D eigenvalue weighted by molar-refractivity contribution is -0.112. The molecule has 0 aromatic heterocycles. The van der Waals surface area contributed by atoms with Crippen molar-refractivity contribution < 1.29 is 19.1 Å². The van der Waals surface area contributed by atoms with Crippen molar-refractivity contribution in [3.8, 4) is 11.8 Å². The SMILES string of the molecule is COc1ccc(NC(=O)/C(C#N)=C\NCCNC(=O)OC(C)(C)C)cc1. The third-order valence-corrected chi connectivity index (χ3v) is 2.90. The van der Waals surface area contributed by atoms with Crippen LogP contribution in [-0.2, 0) is 9.53 Å². The van der Waals surface area contributed by atoms with Crippen LogP contribution in [0.1, 0.15) is 20.8 Å². The number of carbonyl (C=O) groups is 2. The standard InChI is InChI=1S/C18H24N4O4/c1-18(2,3)26-17(24)21-10-9-20-12-13(11-19)16(23)22-14-5-7-15(25-4)8-6-14/h5-8,12,20H,9-10H2,1-4H3,(H,21,24)(H,22,23)/b13-12-. The van der Waals surface area contributed by atoms with E-state index in [2.05, 4.69) is 16.0 Å². The first-order valence-corrected chi connectivity index (χ1v) is 8.01. The maximum absolute atomic E-state index is 12.1. The summed E-state index contributed by atoms with van der Waals surface area (Å²) >= 11 is 0. The van der Waals surface area contributed by atoms with Gasteiger partial charge in [0.05, 0.1) is 7.11 Å². The van der Waals surface area contributed by atoms with Gasteiger partial charge >= 0.3 is 6.09 Å². The van der Waals surface area contributed by atoms with Gasteiger partial charge in [-0.1, -0.05) is 0 Å². The number of rotatable bonds is 7. The minimum absolute atomic E-state index is 0.0851. The molecule has 0 atom stereocenters. The highest BCUT2D eigenvalue weighted by molar-refractivity contribution is 6.06. The minimum atomic E-state index is -0.565. The zero-order chi connectivity index (χ0) is 19.6. The molecule has 0 saturated carbocycles. The Morgan fingerprint density at radius 1 is 1.19 bits per heavy atom. The van der Waals surface area contributed by atoms with Gasteiger partial charge in [0.1, 0.15) is 23.0 Å². The van der Waals surface area contributed by atoms with Crippen molar-refractivity contribution >= 4 is 17.7 Å². The van der Waals surface area contributed by atoms with Crippen molar-refractivity contribution in [2.45, 2.75) is 26.4 Å². The zero-order valence-corrected chi connectivity index (χ0v) is 15.4. The van der Waals surface area contributed by atoms with E-state index in [-0.39, 0.29) is 12.1 Å². The molecule has 140 valence electrons. The summed E-state index contributed by atoms with van der Waals surface area (Å²) in [4.78, 5) is 23.5. The summed E-state index contributed by atoms with van der Waals surface area (Å²) < 4.78 is 10.1. The number of benzene rings is 1.